The van der Waals surface area contributed by atoms with Gasteiger partial charge in [0, 0.05) is 29.1 Å². The standard InChI is InChI=1S/C19H17N7O5S2/c1-31-25-12(11-7-33-19(20)23-11)15(27)24-13-16(28)26-14(18(29)30)10(6-32-17(13)26)3-2-9-4-21-8-22-5-9/h2-5,7-8,13,17H,6H2,1H3,(H2,20,23)(H,24,27)(H,29,30)/b3-2-,25-12-/t13-,17+/m1/s1. The van der Waals surface area contributed by atoms with Crippen molar-refractivity contribution in [3.05, 3.63) is 52.7 Å². The molecule has 14 heteroatoms. The van der Waals surface area contributed by atoms with E-state index in [4.69, 9.17) is 10.6 Å². The van der Waals surface area contributed by atoms with Crippen molar-refractivity contribution in [2.75, 3.05) is 18.6 Å². The van der Waals surface area contributed by atoms with E-state index in [0.717, 1.165) is 11.3 Å². The number of nitrogens with zero attached hydrogens (tertiary/aromatic N) is 5. The Morgan fingerprint density at radius 2 is 2.12 bits per heavy atom. The summed E-state index contributed by atoms with van der Waals surface area (Å²) in [5.41, 5.74) is 6.72. The molecule has 33 heavy (non-hydrogen) atoms. The van der Waals surface area contributed by atoms with Crippen molar-refractivity contribution < 1.29 is 24.3 Å². The van der Waals surface area contributed by atoms with Gasteiger partial charge in [0.05, 0.1) is 0 Å². The molecule has 4 rings (SSSR count). The minimum Gasteiger partial charge on any atom is -0.477 e. The Kier molecular flexibility index (Phi) is 6.37. The number of nitrogens with one attached hydrogen (secondary N) is 1. The maximum atomic E-state index is 12.8. The highest BCUT2D eigenvalue weighted by atomic mass is 32.2. The zero-order chi connectivity index (χ0) is 23.5. The predicted molar refractivity (Wildman–Crippen MR) is 121 cm³/mol. The number of hydrogen-bond donors (Lipinski definition) is 3. The Morgan fingerprint density at radius 1 is 1.36 bits per heavy atom. The fraction of sp³-hybridized carbons (Fsp3) is 0.211. The number of hydrogen-bond acceptors (Lipinski definition) is 11. The molecule has 2 aromatic rings. The first-order chi connectivity index (χ1) is 15.9. The third kappa shape index (κ3) is 4.42. The monoisotopic (exact) mass is 487 g/mol. The van der Waals surface area contributed by atoms with E-state index in [9.17, 15) is 19.5 Å². The van der Waals surface area contributed by atoms with E-state index in [-0.39, 0.29) is 22.2 Å². The molecule has 2 aliphatic rings. The number of nitrogen functional groups attached to an aromatic ring is 1. The number of amides is 2. The summed E-state index contributed by atoms with van der Waals surface area (Å²) in [4.78, 5) is 55.3. The summed E-state index contributed by atoms with van der Waals surface area (Å²) in [5.74, 6) is -2.13. The molecule has 2 atom stereocenters. The largest absolute Gasteiger partial charge is 0.477 e. The molecule has 1 saturated heterocycles. The molecule has 0 unspecified atom stereocenters. The van der Waals surface area contributed by atoms with Gasteiger partial charge in [-0.1, -0.05) is 17.3 Å². The van der Waals surface area contributed by atoms with Crippen LogP contribution >= 0.6 is 23.1 Å². The van der Waals surface area contributed by atoms with Crippen LogP contribution in [0.4, 0.5) is 5.13 Å². The van der Waals surface area contributed by atoms with Crippen LogP contribution in [0.5, 0.6) is 0 Å². The van der Waals surface area contributed by atoms with Crippen LogP contribution in [0.25, 0.3) is 6.08 Å². The van der Waals surface area contributed by atoms with Crippen LogP contribution < -0.4 is 11.1 Å². The summed E-state index contributed by atoms with van der Waals surface area (Å²) in [6, 6.07) is -0.928. The third-order valence-electron chi connectivity index (χ3n) is 4.71. The number of allylic oxidation sites excluding steroid dienone is 1. The molecule has 12 nitrogen and oxygen atoms in total. The summed E-state index contributed by atoms with van der Waals surface area (Å²) in [6.45, 7) is 0. The smallest absolute Gasteiger partial charge is 0.352 e. The number of carboxylic acids is 1. The quantitative estimate of drug-likeness (QED) is 0.280. The van der Waals surface area contributed by atoms with E-state index >= 15 is 0 Å². The van der Waals surface area contributed by atoms with Crippen molar-refractivity contribution in [1.29, 1.82) is 0 Å². The highest BCUT2D eigenvalue weighted by molar-refractivity contribution is 8.00. The van der Waals surface area contributed by atoms with Gasteiger partial charge in [-0.05, 0) is 5.57 Å². The molecule has 170 valence electrons. The Labute approximate surface area is 195 Å². The molecule has 1 fully saturated rings. The molecule has 2 aliphatic heterocycles. The van der Waals surface area contributed by atoms with Crippen LogP contribution in [-0.2, 0) is 19.2 Å². The number of thioether (sulfide) groups is 1. The van der Waals surface area contributed by atoms with Gasteiger partial charge in [0.1, 0.15) is 36.2 Å². The number of aliphatic carboxylic acids is 1. The van der Waals surface area contributed by atoms with Crippen molar-refractivity contribution >= 4 is 57.8 Å². The number of fused-ring (bicyclic) bond motifs is 1. The van der Waals surface area contributed by atoms with E-state index < -0.39 is 29.2 Å². The van der Waals surface area contributed by atoms with Crippen molar-refractivity contribution in [2.24, 2.45) is 5.16 Å². The molecule has 0 bridgehead atoms. The first kappa shape index (κ1) is 22.4. The van der Waals surface area contributed by atoms with Gasteiger partial charge < -0.3 is 21.0 Å². The predicted octanol–water partition coefficient (Wildman–Crippen LogP) is 0.318. The fourth-order valence-electron chi connectivity index (χ4n) is 3.27. The lowest BCUT2D eigenvalue weighted by Crippen LogP contribution is -2.71. The average Bonchev–Trinajstić information content (AvgIpc) is 3.25. The highest BCUT2D eigenvalue weighted by Gasteiger charge is 2.54. The second kappa shape index (κ2) is 9.38. The molecule has 0 aromatic carbocycles. The van der Waals surface area contributed by atoms with Crippen LogP contribution in [0.3, 0.4) is 0 Å². The summed E-state index contributed by atoms with van der Waals surface area (Å²) in [5, 5.41) is 17.3. The molecule has 0 spiro atoms. The van der Waals surface area contributed by atoms with Gasteiger partial charge in [-0.15, -0.1) is 23.1 Å². The lowest BCUT2D eigenvalue weighted by atomic mass is 10.0. The van der Waals surface area contributed by atoms with Gasteiger partial charge in [-0.2, -0.15) is 0 Å². The van der Waals surface area contributed by atoms with Gasteiger partial charge in [0.15, 0.2) is 10.8 Å². The number of aromatic nitrogens is 3. The molecule has 0 saturated carbocycles. The van der Waals surface area contributed by atoms with Crippen LogP contribution in [0.1, 0.15) is 11.3 Å². The number of nitrogens with two attached hydrogens (primary N) is 1. The Bertz CT molecular complexity index is 1190. The molecule has 4 N–H and O–H groups in total. The first-order valence-corrected chi connectivity index (χ1v) is 11.3. The molecule has 0 radical (unpaired) electrons. The molecular weight excluding hydrogens is 470 g/mol. The van der Waals surface area contributed by atoms with Crippen molar-refractivity contribution in [3.63, 3.8) is 0 Å². The van der Waals surface area contributed by atoms with E-state index in [1.807, 2.05) is 0 Å². The normalized spacial score (nSPS) is 20.5. The van der Waals surface area contributed by atoms with Crippen molar-refractivity contribution in [2.45, 2.75) is 11.4 Å². The van der Waals surface area contributed by atoms with Crippen LogP contribution in [0.2, 0.25) is 0 Å². The van der Waals surface area contributed by atoms with Crippen molar-refractivity contribution in [1.82, 2.24) is 25.2 Å². The lowest BCUT2D eigenvalue weighted by molar-refractivity contribution is -0.150. The molecule has 2 amide bonds. The summed E-state index contributed by atoms with van der Waals surface area (Å²) in [7, 11) is 1.27. The number of oxime groups is 1. The second-order valence-corrected chi connectivity index (χ2v) is 8.73. The van der Waals surface area contributed by atoms with E-state index in [1.54, 1.807) is 29.9 Å². The molecule has 4 heterocycles. The lowest BCUT2D eigenvalue weighted by Gasteiger charge is -2.49. The Balaban J connectivity index is 1.53. The van der Waals surface area contributed by atoms with Gasteiger partial charge in [-0.3, -0.25) is 14.5 Å². The fourth-order valence-corrected chi connectivity index (χ4v) is 5.13. The molecular formula is C19H17N7O5S2. The SMILES string of the molecule is CO/N=C(\C(=O)N[C@@H]1C(=O)N2C(C(=O)O)=C(/C=C\c3cncnc3)CS[C@@H]12)c1csc(N)n1. The average molecular weight is 488 g/mol. The van der Waals surface area contributed by atoms with Gasteiger partial charge in [0.25, 0.3) is 11.8 Å². The summed E-state index contributed by atoms with van der Waals surface area (Å²) >= 11 is 2.46. The van der Waals surface area contributed by atoms with Crippen molar-refractivity contribution in [3.8, 4) is 0 Å². The second-order valence-electron chi connectivity index (χ2n) is 6.74. The number of β-lactam (4-membered cyclic amide) rings is 1. The number of carboxylic acid groups (broad SMARTS) is 1. The van der Waals surface area contributed by atoms with E-state index in [1.165, 1.54) is 30.1 Å². The number of rotatable bonds is 7. The number of anilines is 1. The first-order valence-electron chi connectivity index (χ1n) is 9.38. The maximum Gasteiger partial charge on any atom is 0.352 e. The third-order valence-corrected chi connectivity index (χ3v) is 6.68. The zero-order valence-corrected chi connectivity index (χ0v) is 18.7. The van der Waals surface area contributed by atoms with E-state index in [0.29, 0.717) is 16.9 Å². The van der Waals surface area contributed by atoms with Gasteiger partial charge in [-0.25, -0.2) is 19.7 Å². The Hall–Kier alpha value is -3.78. The molecule has 0 aliphatic carbocycles. The number of carbonyl (C=O) groups excluding carboxylic acids is 2. The maximum absolute atomic E-state index is 12.8. The Morgan fingerprint density at radius 3 is 2.76 bits per heavy atom. The van der Waals surface area contributed by atoms with Crippen LogP contribution in [0, 0.1) is 0 Å². The van der Waals surface area contributed by atoms with E-state index in [2.05, 4.69) is 25.4 Å². The van der Waals surface area contributed by atoms with Gasteiger partial charge >= 0.3 is 5.97 Å². The summed E-state index contributed by atoms with van der Waals surface area (Å²) < 4.78 is 0. The van der Waals surface area contributed by atoms with Crippen LogP contribution in [-0.4, -0.2) is 72.7 Å². The molecule has 2 aromatic heterocycles. The topological polar surface area (TPSA) is 173 Å². The minimum absolute atomic E-state index is 0.125. The number of carbonyl (C=O) groups is 3. The number of thiazole rings is 1. The zero-order valence-electron chi connectivity index (χ0n) is 17.0. The van der Waals surface area contributed by atoms with Crippen LogP contribution in [0.15, 0.2) is 46.6 Å². The highest BCUT2D eigenvalue weighted by Crippen LogP contribution is 2.40. The summed E-state index contributed by atoms with van der Waals surface area (Å²) in [6.07, 6.45) is 7.85. The minimum atomic E-state index is -1.23. The van der Waals surface area contributed by atoms with Gasteiger partial charge in [0.2, 0.25) is 0 Å².